The molecule has 20 heavy (non-hydrogen) atoms. The highest BCUT2D eigenvalue weighted by atomic mass is 79.9. The van der Waals surface area contributed by atoms with Crippen LogP contribution in [0.15, 0.2) is 46.9 Å². The van der Waals surface area contributed by atoms with Gasteiger partial charge in [0.1, 0.15) is 0 Å². The van der Waals surface area contributed by atoms with Crippen LogP contribution < -0.4 is 11.1 Å². The van der Waals surface area contributed by atoms with Crippen LogP contribution in [0.2, 0.25) is 0 Å². The zero-order chi connectivity index (χ0) is 14.7. The van der Waals surface area contributed by atoms with Gasteiger partial charge in [-0.25, -0.2) is 0 Å². The van der Waals surface area contributed by atoms with Gasteiger partial charge < -0.3 is 11.1 Å². The Balaban J connectivity index is 2.29. The van der Waals surface area contributed by atoms with Crippen molar-refractivity contribution in [3.8, 4) is 0 Å². The van der Waals surface area contributed by atoms with E-state index in [1.165, 1.54) is 6.92 Å². The molecule has 0 saturated heterocycles. The normalized spacial score (nSPS) is 10.1. The molecule has 2 aromatic rings. The van der Waals surface area contributed by atoms with Crippen molar-refractivity contribution in [1.29, 1.82) is 0 Å². The Hall–Kier alpha value is -2.14. The van der Waals surface area contributed by atoms with Crippen LogP contribution in [0.3, 0.4) is 0 Å². The number of ketones is 1. The molecule has 0 atom stereocenters. The minimum Gasteiger partial charge on any atom is -0.398 e. The summed E-state index contributed by atoms with van der Waals surface area (Å²) in [6, 6.07) is 11.9. The van der Waals surface area contributed by atoms with Crippen LogP contribution in [-0.4, -0.2) is 11.7 Å². The van der Waals surface area contributed by atoms with Gasteiger partial charge in [-0.1, -0.05) is 6.07 Å². The van der Waals surface area contributed by atoms with Crippen LogP contribution in [0.4, 0.5) is 11.4 Å². The third kappa shape index (κ3) is 3.05. The number of anilines is 2. The number of nitrogen functional groups attached to an aromatic ring is 1. The summed E-state index contributed by atoms with van der Waals surface area (Å²) in [6.45, 7) is 1.43. The molecular weight excluding hydrogens is 320 g/mol. The summed E-state index contributed by atoms with van der Waals surface area (Å²) in [4.78, 5) is 23.3. The minimum absolute atomic E-state index is 0.126. The van der Waals surface area contributed by atoms with E-state index in [0.717, 1.165) is 0 Å². The molecule has 0 saturated carbocycles. The highest BCUT2D eigenvalue weighted by Gasteiger charge is 2.13. The SMILES string of the molecule is CC(=O)Nc1ccc(C(=O)c2cccc(N)c2Br)cc1. The maximum atomic E-state index is 12.4. The van der Waals surface area contributed by atoms with E-state index < -0.39 is 0 Å². The van der Waals surface area contributed by atoms with E-state index in [2.05, 4.69) is 21.2 Å². The molecular formula is C15H13BrN2O2. The lowest BCUT2D eigenvalue weighted by Crippen LogP contribution is -2.07. The zero-order valence-electron chi connectivity index (χ0n) is 10.8. The van der Waals surface area contributed by atoms with Crippen molar-refractivity contribution >= 4 is 39.0 Å². The summed E-state index contributed by atoms with van der Waals surface area (Å²) in [5, 5.41) is 2.65. The first-order valence-electron chi connectivity index (χ1n) is 5.95. The van der Waals surface area contributed by atoms with Crippen molar-refractivity contribution in [2.75, 3.05) is 11.1 Å². The predicted octanol–water partition coefficient (Wildman–Crippen LogP) is 3.22. The van der Waals surface area contributed by atoms with E-state index in [1.807, 2.05) is 0 Å². The molecule has 0 fully saturated rings. The van der Waals surface area contributed by atoms with E-state index in [9.17, 15) is 9.59 Å². The summed E-state index contributed by atoms with van der Waals surface area (Å²) in [6.07, 6.45) is 0. The highest BCUT2D eigenvalue weighted by molar-refractivity contribution is 9.10. The Morgan fingerprint density at radius 1 is 1.10 bits per heavy atom. The third-order valence-electron chi connectivity index (χ3n) is 2.74. The number of halogens is 1. The average Bonchev–Trinajstić information content (AvgIpc) is 2.41. The summed E-state index contributed by atoms with van der Waals surface area (Å²) < 4.78 is 0.593. The molecule has 0 aliphatic rings. The van der Waals surface area contributed by atoms with E-state index in [4.69, 9.17) is 5.73 Å². The van der Waals surface area contributed by atoms with Gasteiger partial charge in [0.25, 0.3) is 0 Å². The van der Waals surface area contributed by atoms with Gasteiger partial charge in [0.15, 0.2) is 5.78 Å². The number of hydrogen-bond donors (Lipinski definition) is 2. The number of benzene rings is 2. The first-order valence-corrected chi connectivity index (χ1v) is 6.74. The Morgan fingerprint density at radius 2 is 1.75 bits per heavy atom. The second-order valence-electron chi connectivity index (χ2n) is 4.30. The van der Waals surface area contributed by atoms with Crippen molar-refractivity contribution in [3.05, 3.63) is 58.1 Å². The van der Waals surface area contributed by atoms with E-state index in [-0.39, 0.29) is 11.7 Å². The molecule has 0 heterocycles. The zero-order valence-corrected chi connectivity index (χ0v) is 12.4. The first-order chi connectivity index (χ1) is 9.49. The van der Waals surface area contributed by atoms with Crippen LogP contribution in [0.5, 0.6) is 0 Å². The van der Waals surface area contributed by atoms with Gasteiger partial charge in [-0.2, -0.15) is 0 Å². The fraction of sp³-hybridized carbons (Fsp3) is 0.0667. The van der Waals surface area contributed by atoms with Gasteiger partial charge >= 0.3 is 0 Å². The largest absolute Gasteiger partial charge is 0.398 e. The molecule has 3 N–H and O–H groups in total. The second kappa shape index (κ2) is 5.88. The fourth-order valence-electron chi connectivity index (χ4n) is 1.79. The van der Waals surface area contributed by atoms with E-state index >= 15 is 0 Å². The van der Waals surface area contributed by atoms with Crippen LogP contribution in [-0.2, 0) is 4.79 Å². The van der Waals surface area contributed by atoms with Crippen molar-refractivity contribution in [2.45, 2.75) is 6.92 Å². The Labute approximate surface area is 125 Å². The minimum atomic E-state index is -0.150. The number of nitrogens with two attached hydrogens (primary N) is 1. The van der Waals surface area contributed by atoms with Crippen molar-refractivity contribution in [2.24, 2.45) is 0 Å². The summed E-state index contributed by atoms with van der Waals surface area (Å²) in [5.41, 5.74) is 7.99. The molecule has 0 unspecified atom stereocenters. The quantitative estimate of drug-likeness (QED) is 0.669. The van der Waals surface area contributed by atoms with Crippen molar-refractivity contribution in [3.63, 3.8) is 0 Å². The topological polar surface area (TPSA) is 72.2 Å². The third-order valence-corrected chi connectivity index (χ3v) is 3.63. The lowest BCUT2D eigenvalue weighted by Gasteiger charge is -2.07. The molecule has 0 spiro atoms. The number of rotatable bonds is 3. The number of nitrogens with one attached hydrogen (secondary N) is 1. The summed E-state index contributed by atoms with van der Waals surface area (Å²) >= 11 is 3.32. The van der Waals surface area contributed by atoms with Gasteiger partial charge in [-0.15, -0.1) is 0 Å². The maximum absolute atomic E-state index is 12.4. The Morgan fingerprint density at radius 3 is 2.35 bits per heavy atom. The molecule has 0 aliphatic heterocycles. The number of carbonyl (C=O) groups is 2. The van der Waals surface area contributed by atoms with Gasteiger partial charge in [0.05, 0.1) is 4.47 Å². The molecule has 5 heteroatoms. The summed E-state index contributed by atoms with van der Waals surface area (Å²) in [5.74, 6) is -0.277. The van der Waals surface area contributed by atoms with Crippen LogP contribution >= 0.6 is 15.9 Å². The highest BCUT2D eigenvalue weighted by Crippen LogP contribution is 2.26. The van der Waals surface area contributed by atoms with Crippen LogP contribution in [0.25, 0.3) is 0 Å². The van der Waals surface area contributed by atoms with E-state index in [1.54, 1.807) is 42.5 Å². The molecule has 0 bridgehead atoms. The van der Waals surface area contributed by atoms with Gasteiger partial charge in [-0.3, -0.25) is 9.59 Å². The number of carbonyl (C=O) groups excluding carboxylic acids is 2. The van der Waals surface area contributed by atoms with E-state index in [0.29, 0.717) is 27.0 Å². The molecule has 0 radical (unpaired) electrons. The maximum Gasteiger partial charge on any atom is 0.221 e. The van der Waals surface area contributed by atoms with Crippen LogP contribution in [0, 0.1) is 0 Å². The lowest BCUT2D eigenvalue weighted by molar-refractivity contribution is -0.114. The average molecular weight is 333 g/mol. The van der Waals surface area contributed by atoms with Gasteiger partial charge in [0, 0.05) is 29.4 Å². The fourth-order valence-corrected chi connectivity index (χ4v) is 2.23. The summed E-state index contributed by atoms with van der Waals surface area (Å²) in [7, 11) is 0. The molecule has 2 aromatic carbocycles. The van der Waals surface area contributed by atoms with Crippen molar-refractivity contribution in [1.82, 2.24) is 0 Å². The molecule has 0 aliphatic carbocycles. The molecule has 102 valence electrons. The standard InChI is InChI=1S/C15H13BrN2O2/c1-9(19)18-11-7-5-10(6-8-11)15(20)12-3-2-4-13(17)14(12)16/h2-8H,17H2,1H3,(H,18,19). The van der Waals surface area contributed by atoms with Gasteiger partial charge in [0.2, 0.25) is 5.91 Å². The van der Waals surface area contributed by atoms with Crippen molar-refractivity contribution < 1.29 is 9.59 Å². The van der Waals surface area contributed by atoms with Gasteiger partial charge in [-0.05, 0) is 52.3 Å². The predicted molar refractivity (Wildman–Crippen MR) is 82.7 cm³/mol. The Bertz CT molecular complexity index is 666. The second-order valence-corrected chi connectivity index (χ2v) is 5.09. The smallest absolute Gasteiger partial charge is 0.221 e. The van der Waals surface area contributed by atoms with Crippen LogP contribution in [0.1, 0.15) is 22.8 Å². The Kier molecular flexibility index (Phi) is 4.20. The molecule has 2 rings (SSSR count). The molecule has 4 nitrogen and oxygen atoms in total. The monoisotopic (exact) mass is 332 g/mol. The number of hydrogen-bond acceptors (Lipinski definition) is 3. The first kappa shape index (κ1) is 14.3. The molecule has 0 aromatic heterocycles. The number of amides is 1. The lowest BCUT2D eigenvalue weighted by atomic mass is 10.0. The molecule has 1 amide bonds.